The van der Waals surface area contributed by atoms with Gasteiger partial charge in [-0.15, -0.1) is 0 Å². The van der Waals surface area contributed by atoms with Crippen molar-refractivity contribution in [1.29, 1.82) is 0 Å². The summed E-state index contributed by atoms with van der Waals surface area (Å²) in [5.74, 6) is -1.30. The van der Waals surface area contributed by atoms with E-state index in [9.17, 15) is 14.0 Å². The average Bonchev–Trinajstić information content (AvgIpc) is 2.58. The standard InChI is InChI=1S/C18H19FN2O3/c1-2-24-16-6-4-3-5-15(16)21-18(23)17(22)20-12-11-13-7-9-14(19)10-8-13/h3-10H,2,11-12H2,1H3,(H,20,22)(H,21,23). The van der Waals surface area contributed by atoms with E-state index in [1.54, 1.807) is 36.4 Å². The van der Waals surface area contributed by atoms with Gasteiger partial charge in [0.2, 0.25) is 0 Å². The van der Waals surface area contributed by atoms with Crippen LogP contribution in [0, 0.1) is 5.82 Å². The Morgan fingerprint density at radius 3 is 2.46 bits per heavy atom. The monoisotopic (exact) mass is 330 g/mol. The van der Waals surface area contributed by atoms with Crippen LogP contribution >= 0.6 is 0 Å². The Hall–Kier alpha value is -2.89. The molecular formula is C18H19FN2O3. The van der Waals surface area contributed by atoms with Crippen molar-refractivity contribution in [3.8, 4) is 5.75 Å². The minimum Gasteiger partial charge on any atom is -0.492 e. The zero-order chi connectivity index (χ0) is 17.4. The highest BCUT2D eigenvalue weighted by Crippen LogP contribution is 2.23. The lowest BCUT2D eigenvalue weighted by atomic mass is 10.1. The van der Waals surface area contributed by atoms with Crippen LogP contribution in [0.4, 0.5) is 10.1 Å². The molecular weight excluding hydrogens is 311 g/mol. The highest BCUT2D eigenvalue weighted by atomic mass is 19.1. The molecule has 0 saturated carbocycles. The van der Waals surface area contributed by atoms with Crippen LogP contribution < -0.4 is 15.4 Å². The molecule has 6 heteroatoms. The molecule has 0 aliphatic carbocycles. The lowest BCUT2D eigenvalue weighted by molar-refractivity contribution is -0.136. The Balaban J connectivity index is 1.84. The summed E-state index contributed by atoms with van der Waals surface area (Å²) in [6.07, 6.45) is 0.509. The van der Waals surface area contributed by atoms with Crippen LogP contribution in [-0.2, 0) is 16.0 Å². The highest BCUT2D eigenvalue weighted by Gasteiger charge is 2.15. The maximum Gasteiger partial charge on any atom is 0.313 e. The van der Waals surface area contributed by atoms with Crippen molar-refractivity contribution in [3.63, 3.8) is 0 Å². The smallest absolute Gasteiger partial charge is 0.313 e. The molecule has 0 atom stereocenters. The van der Waals surface area contributed by atoms with Crippen molar-refractivity contribution in [2.75, 3.05) is 18.5 Å². The van der Waals surface area contributed by atoms with E-state index in [0.29, 0.717) is 24.5 Å². The van der Waals surface area contributed by atoms with Crippen molar-refractivity contribution < 1.29 is 18.7 Å². The van der Waals surface area contributed by atoms with E-state index < -0.39 is 11.8 Å². The number of nitrogens with one attached hydrogen (secondary N) is 2. The molecule has 0 unspecified atom stereocenters. The number of anilines is 1. The van der Waals surface area contributed by atoms with Gasteiger partial charge in [0, 0.05) is 6.54 Å². The van der Waals surface area contributed by atoms with Gasteiger partial charge in [-0.25, -0.2) is 4.39 Å². The van der Waals surface area contributed by atoms with E-state index in [0.717, 1.165) is 5.56 Å². The second-order valence-corrected chi connectivity index (χ2v) is 5.02. The van der Waals surface area contributed by atoms with Gasteiger partial charge in [-0.1, -0.05) is 24.3 Å². The number of benzene rings is 2. The molecule has 2 rings (SSSR count). The third kappa shape index (κ3) is 5.08. The Bertz CT molecular complexity index is 702. The van der Waals surface area contributed by atoms with Crippen LogP contribution in [0.15, 0.2) is 48.5 Å². The van der Waals surface area contributed by atoms with E-state index in [4.69, 9.17) is 4.74 Å². The number of carbonyl (C=O) groups is 2. The first kappa shape index (κ1) is 17.5. The van der Waals surface area contributed by atoms with Crippen molar-refractivity contribution >= 4 is 17.5 Å². The van der Waals surface area contributed by atoms with Gasteiger partial charge in [0.25, 0.3) is 0 Å². The molecule has 0 aromatic heterocycles. The van der Waals surface area contributed by atoms with Gasteiger partial charge >= 0.3 is 11.8 Å². The largest absolute Gasteiger partial charge is 0.492 e. The Morgan fingerprint density at radius 1 is 1.04 bits per heavy atom. The summed E-state index contributed by atoms with van der Waals surface area (Å²) in [4.78, 5) is 23.8. The molecule has 0 fully saturated rings. The van der Waals surface area contributed by atoms with E-state index in [-0.39, 0.29) is 12.4 Å². The van der Waals surface area contributed by atoms with Crippen molar-refractivity contribution in [1.82, 2.24) is 5.32 Å². The first-order chi connectivity index (χ1) is 11.6. The van der Waals surface area contributed by atoms with E-state index in [1.807, 2.05) is 6.92 Å². The lowest BCUT2D eigenvalue weighted by Gasteiger charge is -2.11. The fourth-order valence-electron chi connectivity index (χ4n) is 2.08. The lowest BCUT2D eigenvalue weighted by Crippen LogP contribution is -2.36. The molecule has 0 aliphatic rings. The zero-order valence-electron chi connectivity index (χ0n) is 13.3. The number of para-hydroxylation sites is 2. The molecule has 2 aromatic carbocycles. The van der Waals surface area contributed by atoms with Crippen molar-refractivity contribution in [3.05, 3.63) is 59.9 Å². The maximum absolute atomic E-state index is 12.8. The maximum atomic E-state index is 12.8. The number of halogens is 1. The van der Waals surface area contributed by atoms with Gasteiger partial charge in [0.1, 0.15) is 11.6 Å². The molecule has 2 amide bonds. The summed E-state index contributed by atoms with van der Waals surface area (Å²) in [6.45, 7) is 2.57. The van der Waals surface area contributed by atoms with Crippen LogP contribution in [0.25, 0.3) is 0 Å². The van der Waals surface area contributed by atoms with Crippen LogP contribution in [-0.4, -0.2) is 25.0 Å². The number of rotatable bonds is 6. The fraction of sp³-hybridized carbons (Fsp3) is 0.222. The summed E-state index contributed by atoms with van der Waals surface area (Å²) < 4.78 is 18.2. The molecule has 24 heavy (non-hydrogen) atoms. The first-order valence-electron chi connectivity index (χ1n) is 7.65. The molecule has 0 heterocycles. The highest BCUT2D eigenvalue weighted by molar-refractivity contribution is 6.39. The van der Waals surface area contributed by atoms with Crippen LogP contribution in [0.5, 0.6) is 5.75 Å². The van der Waals surface area contributed by atoms with Gasteiger partial charge in [0.05, 0.1) is 12.3 Å². The van der Waals surface area contributed by atoms with Crippen molar-refractivity contribution in [2.24, 2.45) is 0 Å². The van der Waals surface area contributed by atoms with Gasteiger partial charge in [-0.2, -0.15) is 0 Å². The van der Waals surface area contributed by atoms with E-state index >= 15 is 0 Å². The number of ether oxygens (including phenoxy) is 1. The normalized spacial score (nSPS) is 10.1. The Kier molecular flexibility index (Phi) is 6.31. The minimum atomic E-state index is -0.763. The van der Waals surface area contributed by atoms with Crippen molar-refractivity contribution in [2.45, 2.75) is 13.3 Å². The first-order valence-corrected chi connectivity index (χ1v) is 7.65. The topological polar surface area (TPSA) is 67.4 Å². The number of hydrogen-bond donors (Lipinski definition) is 2. The average molecular weight is 330 g/mol. The van der Waals surface area contributed by atoms with E-state index in [2.05, 4.69) is 10.6 Å². The Morgan fingerprint density at radius 2 is 1.75 bits per heavy atom. The SMILES string of the molecule is CCOc1ccccc1NC(=O)C(=O)NCCc1ccc(F)cc1. The van der Waals surface area contributed by atoms with Crippen LogP contribution in [0.3, 0.4) is 0 Å². The van der Waals surface area contributed by atoms with Crippen LogP contribution in [0.2, 0.25) is 0 Å². The fourth-order valence-corrected chi connectivity index (χ4v) is 2.08. The molecule has 0 bridgehead atoms. The summed E-state index contributed by atoms with van der Waals surface area (Å²) in [7, 11) is 0. The second-order valence-electron chi connectivity index (χ2n) is 5.02. The summed E-state index contributed by atoms with van der Waals surface area (Å²) in [6, 6.07) is 12.9. The quantitative estimate of drug-likeness (QED) is 0.800. The zero-order valence-corrected chi connectivity index (χ0v) is 13.3. The number of amides is 2. The van der Waals surface area contributed by atoms with Gasteiger partial charge in [-0.3, -0.25) is 9.59 Å². The number of hydrogen-bond acceptors (Lipinski definition) is 3. The third-order valence-electron chi connectivity index (χ3n) is 3.25. The molecule has 0 radical (unpaired) electrons. The summed E-state index contributed by atoms with van der Waals surface area (Å²) in [5.41, 5.74) is 1.32. The molecule has 126 valence electrons. The minimum absolute atomic E-state index is 0.283. The predicted octanol–water partition coefficient (Wildman–Crippen LogP) is 2.52. The molecule has 0 saturated heterocycles. The molecule has 0 aliphatic heterocycles. The molecule has 2 N–H and O–H groups in total. The molecule has 5 nitrogen and oxygen atoms in total. The summed E-state index contributed by atoms with van der Waals surface area (Å²) in [5, 5.41) is 5.06. The number of carbonyl (C=O) groups excluding carboxylic acids is 2. The van der Waals surface area contributed by atoms with E-state index in [1.165, 1.54) is 12.1 Å². The van der Waals surface area contributed by atoms with Gasteiger partial charge in [0.15, 0.2) is 0 Å². The summed E-state index contributed by atoms with van der Waals surface area (Å²) >= 11 is 0. The third-order valence-corrected chi connectivity index (χ3v) is 3.25. The Labute approximate surface area is 139 Å². The molecule has 2 aromatic rings. The van der Waals surface area contributed by atoms with Crippen LogP contribution in [0.1, 0.15) is 12.5 Å². The second kappa shape index (κ2) is 8.67. The predicted molar refractivity (Wildman–Crippen MR) is 89.4 cm³/mol. The van der Waals surface area contributed by atoms with Gasteiger partial charge in [-0.05, 0) is 43.2 Å². The van der Waals surface area contributed by atoms with Gasteiger partial charge < -0.3 is 15.4 Å². The molecule has 0 spiro atoms.